The lowest BCUT2D eigenvalue weighted by atomic mass is 9.96. The maximum Gasteiger partial charge on any atom is 0.139 e. The molecule has 1 aromatic rings. The second kappa shape index (κ2) is 5.05. The number of nitrogens with one attached hydrogen (secondary N) is 1. The molecule has 0 radical (unpaired) electrons. The molecule has 1 saturated heterocycles. The van der Waals surface area contributed by atoms with Crippen LogP contribution < -0.4 is 10.6 Å². The van der Waals surface area contributed by atoms with Gasteiger partial charge in [-0.1, -0.05) is 6.92 Å². The van der Waals surface area contributed by atoms with Gasteiger partial charge in [-0.25, -0.2) is 4.98 Å². The molecule has 0 bridgehead atoms. The van der Waals surface area contributed by atoms with Crippen LogP contribution in [-0.2, 0) is 12.8 Å². The number of hydrogen-bond donors (Lipinski definition) is 3. The Morgan fingerprint density at radius 3 is 3.00 bits per heavy atom. The van der Waals surface area contributed by atoms with Crippen LogP contribution in [0.4, 0.5) is 5.82 Å². The molecule has 108 valence electrons. The highest BCUT2D eigenvalue weighted by molar-refractivity contribution is 6.00. The summed E-state index contributed by atoms with van der Waals surface area (Å²) in [5, 5.41) is 17.7. The third-order valence-corrected chi connectivity index (χ3v) is 4.48. The first-order valence-electron chi connectivity index (χ1n) is 7.36. The second-order valence-electron chi connectivity index (χ2n) is 6.01. The number of aromatic nitrogens is 1. The summed E-state index contributed by atoms with van der Waals surface area (Å²) in [6, 6.07) is 2.04. The molecule has 1 aromatic heterocycles. The van der Waals surface area contributed by atoms with Gasteiger partial charge >= 0.3 is 0 Å². The Morgan fingerprint density at radius 2 is 2.30 bits per heavy atom. The van der Waals surface area contributed by atoms with Gasteiger partial charge in [-0.15, -0.1) is 0 Å². The molecule has 2 aliphatic rings. The van der Waals surface area contributed by atoms with E-state index in [4.69, 9.17) is 16.1 Å². The molecule has 2 heterocycles. The first-order chi connectivity index (χ1) is 9.56. The number of rotatable bonds is 2. The number of aliphatic hydroxyl groups is 1. The quantitative estimate of drug-likeness (QED) is 0.556. The standard InChI is InChI=1S/C15H22N4O/c1-9-8-19(6-5-13(9)20)15-11(14(16)17)7-10-3-2-4-12(10)18-15/h7,9,13,20H,2-6,8H2,1H3,(H3,16,17). The van der Waals surface area contributed by atoms with E-state index in [0.29, 0.717) is 0 Å². The molecule has 0 saturated carbocycles. The third-order valence-electron chi connectivity index (χ3n) is 4.48. The van der Waals surface area contributed by atoms with E-state index >= 15 is 0 Å². The summed E-state index contributed by atoms with van der Waals surface area (Å²) in [6.45, 7) is 3.60. The van der Waals surface area contributed by atoms with E-state index in [1.54, 1.807) is 0 Å². The van der Waals surface area contributed by atoms with Gasteiger partial charge in [-0.3, -0.25) is 5.41 Å². The number of pyridine rings is 1. The van der Waals surface area contributed by atoms with E-state index in [1.165, 1.54) is 5.56 Å². The van der Waals surface area contributed by atoms with Crippen LogP contribution in [0.5, 0.6) is 0 Å². The Kier molecular flexibility index (Phi) is 3.38. The van der Waals surface area contributed by atoms with E-state index in [0.717, 1.165) is 55.8 Å². The van der Waals surface area contributed by atoms with Gasteiger partial charge in [-0.2, -0.15) is 0 Å². The van der Waals surface area contributed by atoms with Gasteiger partial charge in [-0.05, 0) is 43.2 Å². The van der Waals surface area contributed by atoms with E-state index in [2.05, 4.69) is 11.8 Å². The van der Waals surface area contributed by atoms with E-state index in [-0.39, 0.29) is 17.9 Å². The lowest BCUT2D eigenvalue weighted by Crippen LogP contribution is -2.43. The van der Waals surface area contributed by atoms with Crippen LogP contribution in [0.3, 0.4) is 0 Å². The largest absolute Gasteiger partial charge is 0.393 e. The fourth-order valence-electron chi connectivity index (χ4n) is 3.23. The molecule has 3 rings (SSSR count). The normalized spacial score (nSPS) is 25.6. The van der Waals surface area contributed by atoms with Crippen molar-refractivity contribution in [1.82, 2.24) is 4.98 Å². The molecule has 0 amide bonds. The zero-order chi connectivity index (χ0) is 14.3. The second-order valence-corrected chi connectivity index (χ2v) is 6.01. The number of nitrogens with two attached hydrogens (primary N) is 1. The number of amidine groups is 1. The van der Waals surface area contributed by atoms with E-state index < -0.39 is 0 Å². The molecule has 5 heteroatoms. The van der Waals surface area contributed by atoms with Gasteiger partial charge in [0, 0.05) is 18.8 Å². The maximum absolute atomic E-state index is 9.86. The number of nitrogens with zero attached hydrogens (tertiary/aromatic N) is 2. The molecule has 4 N–H and O–H groups in total. The molecule has 0 aromatic carbocycles. The van der Waals surface area contributed by atoms with Crippen molar-refractivity contribution in [2.45, 2.75) is 38.7 Å². The van der Waals surface area contributed by atoms with Crippen LogP contribution >= 0.6 is 0 Å². The first kappa shape index (κ1) is 13.4. The highest BCUT2D eigenvalue weighted by Gasteiger charge is 2.28. The average molecular weight is 274 g/mol. The lowest BCUT2D eigenvalue weighted by molar-refractivity contribution is 0.0969. The van der Waals surface area contributed by atoms with Crippen LogP contribution in [0, 0.1) is 11.3 Å². The zero-order valence-corrected chi connectivity index (χ0v) is 11.9. The van der Waals surface area contributed by atoms with Crippen molar-refractivity contribution in [2.24, 2.45) is 11.7 Å². The monoisotopic (exact) mass is 274 g/mol. The third kappa shape index (κ3) is 2.26. The minimum Gasteiger partial charge on any atom is -0.393 e. The van der Waals surface area contributed by atoms with Crippen LogP contribution in [0.2, 0.25) is 0 Å². The number of aliphatic hydroxyl groups excluding tert-OH is 1. The number of anilines is 1. The predicted octanol–water partition coefficient (Wildman–Crippen LogP) is 1.06. The molecular weight excluding hydrogens is 252 g/mol. The average Bonchev–Trinajstić information content (AvgIpc) is 2.87. The van der Waals surface area contributed by atoms with Crippen LogP contribution in [0.15, 0.2) is 6.07 Å². The Hall–Kier alpha value is -1.62. The fourth-order valence-corrected chi connectivity index (χ4v) is 3.23. The summed E-state index contributed by atoms with van der Waals surface area (Å²) in [7, 11) is 0. The van der Waals surface area contributed by atoms with Crippen molar-refractivity contribution in [3.05, 3.63) is 22.9 Å². The summed E-state index contributed by atoms with van der Waals surface area (Å²) < 4.78 is 0. The van der Waals surface area contributed by atoms with Crippen molar-refractivity contribution >= 4 is 11.7 Å². The Morgan fingerprint density at radius 1 is 1.50 bits per heavy atom. The lowest BCUT2D eigenvalue weighted by Gasteiger charge is -2.36. The van der Waals surface area contributed by atoms with Crippen LogP contribution in [0.1, 0.15) is 36.6 Å². The molecular formula is C15H22N4O. The maximum atomic E-state index is 9.86. The Bertz CT molecular complexity index is 543. The first-order valence-corrected chi connectivity index (χ1v) is 7.36. The highest BCUT2D eigenvalue weighted by atomic mass is 16.3. The summed E-state index contributed by atoms with van der Waals surface area (Å²) in [5.41, 5.74) is 8.89. The summed E-state index contributed by atoms with van der Waals surface area (Å²) >= 11 is 0. The molecule has 1 aliphatic carbocycles. The van der Waals surface area contributed by atoms with Crippen molar-refractivity contribution in [3.63, 3.8) is 0 Å². The summed E-state index contributed by atoms with van der Waals surface area (Å²) in [6.07, 6.45) is 3.71. The number of piperidine rings is 1. The van der Waals surface area contributed by atoms with Crippen molar-refractivity contribution in [3.8, 4) is 0 Å². The SMILES string of the molecule is CC1CN(c2nc3c(cc2C(=N)N)CCC3)CCC1O. The van der Waals surface area contributed by atoms with E-state index in [1.807, 2.05) is 6.07 Å². The minimum absolute atomic E-state index is 0.0842. The van der Waals surface area contributed by atoms with E-state index in [9.17, 15) is 5.11 Å². The molecule has 20 heavy (non-hydrogen) atoms. The number of hydrogen-bond acceptors (Lipinski definition) is 4. The molecule has 2 unspecified atom stereocenters. The number of aryl methyl sites for hydroxylation is 2. The molecule has 2 atom stereocenters. The van der Waals surface area contributed by atoms with Crippen molar-refractivity contribution in [2.75, 3.05) is 18.0 Å². The van der Waals surface area contributed by atoms with Gasteiger partial charge in [0.05, 0.1) is 11.7 Å². The van der Waals surface area contributed by atoms with Crippen molar-refractivity contribution in [1.29, 1.82) is 5.41 Å². The van der Waals surface area contributed by atoms with Crippen LogP contribution in [0.25, 0.3) is 0 Å². The highest BCUT2D eigenvalue weighted by Crippen LogP contribution is 2.29. The fraction of sp³-hybridized carbons (Fsp3) is 0.600. The Labute approximate surface area is 119 Å². The zero-order valence-electron chi connectivity index (χ0n) is 11.9. The van der Waals surface area contributed by atoms with Gasteiger partial charge in [0.25, 0.3) is 0 Å². The molecule has 1 fully saturated rings. The minimum atomic E-state index is -0.235. The van der Waals surface area contributed by atoms with Gasteiger partial charge in [0.1, 0.15) is 11.7 Å². The Balaban J connectivity index is 1.97. The van der Waals surface area contributed by atoms with Gasteiger partial charge in [0.15, 0.2) is 0 Å². The molecule has 0 spiro atoms. The smallest absolute Gasteiger partial charge is 0.139 e. The van der Waals surface area contributed by atoms with Crippen molar-refractivity contribution < 1.29 is 5.11 Å². The van der Waals surface area contributed by atoms with Crippen LogP contribution in [-0.4, -0.2) is 35.1 Å². The van der Waals surface area contributed by atoms with Gasteiger partial charge < -0.3 is 15.7 Å². The molecule has 5 nitrogen and oxygen atoms in total. The number of fused-ring (bicyclic) bond motifs is 1. The van der Waals surface area contributed by atoms with Gasteiger partial charge in [0.2, 0.25) is 0 Å². The summed E-state index contributed by atoms with van der Waals surface area (Å²) in [4.78, 5) is 6.95. The topological polar surface area (TPSA) is 86.2 Å². The summed E-state index contributed by atoms with van der Waals surface area (Å²) in [5.74, 6) is 1.14. The number of nitrogen functional groups attached to an aromatic ring is 1. The molecule has 1 aliphatic heterocycles. The predicted molar refractivity (Wildman–Crippen MR) is 79.3 cm³/mol.